The van der Waals surface area contributed by atoms with E-state index in [2.05, 4.69) is 36.5 Å². The second-order valence-electron chi connectivity index (χ2n) is 4.42. The van der Waals surface area contributed by atoms with Gasteiger partial charge in [0.05, 0.1) is 10.7 Å². The summed E-state index contributed by atoms with van der Waals surface area (Å²) < 4.78 is 15.6. The highest BCUT2D eigenvalue weighted by Crippen LogP contribution is 2.25. The average Bonchev–Trinajstić information content (AvgIpc) is 2.92. The molecule has 2 heterocycles. The number of nitrogens with zero attached hydrogens (tertiary/aromatic N) is 3. The van der Waals surface area contributed by atoms with E-state index in [0.29, 0.717) is 15.9 Å². The number of nitrogens with one attached hydrogen (secondary N) is 2. The van der Waals surface area contributed by atoms with Gasteiger partial charge in [-0.3, -0.25) is 0 Å². The number of benzene rings is 1. The van der Waals surface area contributed by atoms with Gasteiger partial charge in [-0.2, -0.15) is 0 Å². The largest absolute Gasteiger partial charge is 0.369 e. The molecule has 0 radical (unpaired) electrons. The zero-order chi connectivity index (χ0) is 14.8. The Kier molecular flexibility index (Phi) is 3.74. The van der Waals surface area contributed by atoms with E-state index in [4.69, 9.17) is 0 Å². The molecule has 0 spiro atoms. The maximum Gasteiger partial charge on any atom is 0.180 e. The fraction of sp³-hybridized carbons (Fsp3) is 0.143. The minimum absolute atomic E-state index is 0.305. The molecule has 3 rings (SSSR count). The van der Waals surface area contributed by atoms with Gasteiger partial charge in [0.2, 0.25) is 0 Å². The van der Waals surface area contributed by atoms with E-state index in [1.54, 1.807) is 18.3 Å². The first kappa shape index (κ1) is 13.8. The lowest BCUT2D eigenvalue weighted by Gasteiger charge is -2.10. The van der Waals surface area contributed by atoms with Crippen LogP contribution in [0, 0.1) is 5.82 Å². The van der Waals surface area contributed by atoms with E-state index in [1.165, 1.54) is 6.07 Å². The number of anilines is 3. The minimum atomic E-state index is -0.305. The van der Waals surface area contributed by atoms with Crippen LogP contribution in [0.25, 0.3) is 5.65 Å². The molecule has 5 nitrogen and oxygen atoms in total. The summed E-state index contributed by atoms with van der Waals surface area (Å²) in [6.45, 7) is 2.78. The summed E-state index contributed by atoms with van der Waals surface area (Å²) in [6.07, 6.45) is 5.43. The number of aromatic nitrogens is 3. The predicted octanol–water partition coefficient (Wildman–Crippen LogP) is 3.81. The van der Waals surface area contributed by atoms with Crippen molar-refractivity contribution in [1.29, 1.82) is 0 Å². The van der Waals surface area contributed by atoms with Gasteiger partial charge in [-0.25, -0.2) is 14.4 Å². The van der Waals surface area contributed by atoms with Gasteiger partial charge in [0.15, 0.2) is 11.5 Å². The van der Waals surface area contributed by atoms with Gasteiger partial charge in [0.1, 0.15) is 11.6 Å². The van der Waals surface area contributed by atoms with Gasteiger partial charge in [0.25, 0.3) is 0 Å². The van der Waals surface area contributed by atoms with Gasteiger partial charge >= 0.3 is 0 Å². The fourth-order valence-electron chi connectivity index (χ4n) is 1.99. The number of imidazole rings is 1. The molecular weight excluding hydrogens is 337 g/mol. The molecule has 0 amide bonds. The first-order chi connectivity index (χ1) is 10.2. The Morgan fingerprint density at radius 3 is 3.00 bits per heavy atom. The van der Waals surface area contributed by atoms with Crippen LogP contribution in [0.3, 0.4) is 0 Å². The van der Waals surface area contributed by atoms with Crippen molar-refractivity contribution in [2.24, 2.45) is 0 Å². The SMILES string of the molecule is CCNc1cn2ccnc2c(Nc2ccc(F)c(Br)c2)n1. The Hall–Kier alpha value is -2.15. The van der Waals surface area contributed by atoms with E-state index in [-0.39, 0.29) is 5.82 Å². The molecule has 2 N–H and O–H groups in total. The lowest BCUT2D eigenvalue weighted by Crippen LogP contribution is -2.05. The van der Waals surface area contributed by atoms with Crippen LogP contribution in [0.1, 0.15) is 6.92 Å². The Morgan fingerprint density at radius 1 is 1.38 bits per heavy atom. The topological polar surface area (TPSA) is 54.2 Å². The van der Waals surface area contributed by atoms with E-state index >= 15 is 0 Å². The lowest BCUT2D eigenvalue weighted by molar-refractivity contribution is 0.621. The highest BCUT2D eigenvalue weighted by atomic mass is 79.9. The fourth-order valence-corrected chi connectivity index (χ4v) is 2.37. The number of hydrogen-bond acceptors (Lipinski definition) is 4. The summed E-state index contributed by atoms with van der Waals surface area (Å²) in [7, 11) is 0. The molecular formula is C14H13BrFN5. The van der Waals surface area contributed by atoms with Crippen molar-refractivity contribution < 1.29 is 4.39 Å². The smallest absolute Gasteiger partial charge is 0.180 e. The molecule has 7 heteroatoms. The summed E-state index contributed by atoms with van der Waals surface area (Å²) in [5.41, 5.74) is 1.44. The lowest BCUT2D eigenvalue weighted by atomic mass is 10.3. The molecule has 0 saturated carbocycles. The Bertz CT molecular complexity index is 786. The van der Waals surface area contributed by atoms with Crippen molar-refractivity contribution in [3.8, 4) is 0 Å². The van der Waals surface area contributed by atoms with Crippen molar-refractivity contribution in [3.63, 3.8) is 0 Å². The zero-order valence-electron chi connectivity index (χ0n) is 11.3. The van der Waals surface area contributed by atoms with E-state index in [0.717, 1.165) is 18.1 Å². The van der Waals surface area contributed by atoms with Crippen LogP contribution in [0.4, 0.5) is 21.7 Å². The standard InChI is InChI=1S/C14H13BrFN5/c1-2-17-12-8-21-6-5-18-14(21)13(20-12)19-9-3-4-11(16)10(15)7-9/h3-8,17H,2H2,1H3,(H,19,20). The minimum Gasteiger partial charge on any atom is -0.369 e. The molecule has 0 fully saturated rings. The molecule has 0 aliphatic rings. The number of fused-ring (bicyclic) bond motifs is 1. The molecule has 21 heavy (non-hydrogen) atoms. The van der Waals surface area contributed by atoms with Crippen molar-refractivity contribution in [3.05, 3.63) is 47.1 Å². The van der Waals surface area contributed by atoms with Gasteiger partial charge in [0, 0.05) is 24.6 Å². The first-order valence-corrected chi connectivity index (χ1v) is 7.26. The Balaban J connectivity index is 2.01. The molecule has 0 saturated heterocycles. The zero-order valence-corrected chi connectivity index (χ0v) is 12.9. The molecule has 108 valence electrons. The molecule has 3 aromatic rings. The van der Waals surface area contributed by atoms with Crippen LogP contribution < -0.4 is 10.6 Å². The molecule has 1 aromatic carbocycles. The van der Waals surface area contributed by atoms with E-state index in [9.17, 15) is 4.39 Å². The third kappa shape index (κ3) is 2.82. The second-order valence-corrected chi connectivity index (χ2v) is 5.27. The molecule has 0 aliphatic heterocycles. The van der Waals surface area contributed by atoms with Crippen LogP contribution >= 0.6 is 15.9 Å². The Morgan fingerprint density at radius 2 is 2.24 bits per heavy atom. The molecule has 0 unspecified atom stereocenters. The highest BCUT2D eigenvalue weighted by molar-refractivity contribution is 9.10. The van der Waals surface area contributed by atoms with E-state index < -0.39 is 0 Å². The number of halogens is 2. The third-order valence-corrected chi connectivity index (χ3v) is 3.52. The summed E-state index contributed by atoms with van der Waals surface area (Å²) in [4.78, 5) is 8.78. The van der Waals surface area contributed by atoms with Crippen molar-refractivity contribution in [2.75, 3.05) is 17.2 Å². The normalized spacial score (nSPS) is 10.8. The average molecular weight is 350 g/mol. The van der Waals surface area contributed by atoms with Crippen LogP contribution in [0.15, 0.2) is 41.3 Å². The predicted molar refractivity (Wildman–Crippen MR) is 84.5 cm³/mol. The van der Waals surface area contributed by atoms with Crippen molar-refractivity contribution in [2.45, 2.75) is 6.92 Å². The molecule has 0 atom stereocenters. The summed E-state index contributed by atoms with van der Waals surface area (Å²) >= 11 is 3.17. The maximum atomic E-state index is 13.3. The monoisotopic (exact) mass is 349 g/mol. The molecule has 0 bridgehead atoms. The third-order valence-electron chi connectivity index (χ3n) is 2.91. The summed E-state index contributed by atoms with van der Waals surface area (Å²) in [6, 6.07) is 4.71. The van der Waals surface area contributed by atoms with Gasteiger partial charge in [-0.05, 0) is 41.1 Å². The quantitative estimate of drug-likeness (QED) is 0.751. The van der Waals surface area contributed by atoms with Crippen LogP contribution in [0.5, 0.6) is 0 Å². The van der Waals surface area contributed by atoms with E-state index in [1.807, 2.05) is 23.7 Å². The van der Waals surface area contributed by atoms with Gasteiger partial charge < -0.3 is 15.0 Å². The van der Waals surface area contributed by atoms with Crippen molar-refractivity contribution >= 4 is 38.9 Å². The molecule has 0 aliphatic carbocycles. The Labute approximate surface area is 129 Å². The number of hydrogen-bond donors (Lipinski definition) is 2. The van der Waals surface area contributed by atoms with Crippen LogP contribution in [0.2, 0.25) is 0 Å². The van der Waals surface area contributed by atoms with Gasteiger partial charge in [-0.1, -0.05) is 0 Å². The van der Waals surface area contributed by atoms with Crippen LogP contribution in [-0.2, 0) is 0 Å². The first-order valence-electron chi connectivity index (χ1n) is 6.47. The van der Waals surface area contributed by atoms with Gasteiger partial charge in [-0.15, -0.1) is 0 Å². The van der Waals surface area contributed by atoms with Crippen molar-refractivity contribution in [1.82, 2.24) is 14.4 Å². The highest BCUT2D eigenvalue weighted by Gasteiger charge is 2.08. The molecule has 2 aromatic heterocycles. The second kappa shape index (κ2) is 5.69. The number of rotatable bonds is 4. The summed E-state index contributed by atoms with van der Waals surface area (Å²) in [5.74, 6) is 1.05. The van der Waals surface area contributed by atoms with Crippen LogP contribution in [-0.4, -0.2) is 20.9 Å². The summed E-state index contributed by atoms with van der Waals surface area (Å²) in [5, 5.41) is 6.34. The maximum absolute atomic E-state index is 13.3.